The van der Waals surface area contributed by atoms with E-state index in [1.54, 1.807) is 15.2 Å². The van der Waals surface area contributed by atoms with Gasteiger partial charge in [-0.1, -0.05) is 60.7 Å². The van der Waals surface area contributed by atoms with Gasteiger partial charge in [-0.3, -0.25) is 33.6 Å². The largest absolute Gasteiger partial charge is 0.300 e. The van der Waals surface area contributed by atoms with Gasteiger partial charge < -0.3 is 9.59 Å². The zero-order valence-corrected chi connectivity index (χ0v) is 27.9. The lowest BCUT2D eigenvalue weighted by atomic mass is 9.82. The molecule has 51 heavy (non-hydrogen) atoms. The van der Waals surface area contributed by atoms with Crippen LogP contribution in [0.5, 0.6) is 0 Å². The van der Waals surface area contributed by atoms with Crippen molar-refractivity contribution in [3.05, 3.63) is 138 Å². The van der Waals surface area contributed by atoms with Gasteiger partial charge in [0.05, 0.1) is 23.5 Å². The molecule has 10 nitrogen and oxygen atoms in total. The SMILES string of the molecule is O=CC(c1ccccc1)(c1cc([C@](C=O)(c2ccccc2)N2CCCC2C(=O)n2c3ccc2cc3)n[nH]1)N1CCCC1C(=O)n1c2ccc1cc2. The Hall–Kier alpha value is -5.71. The third-order valence-corrected chi connectivity index (χ3v) is 11.3. The van der Waals surface area contributed by atoms with Gasteiger partial charge in [0.15, 0.2) is 12.6 Å². The third-order valence-electron chi connectivity index (χ3n) is 11.3. The van der Waals surface area contributed by atoms with E-state index in [0.29, 0.717) is 54.9 Å². The number of aldehydes is 2. The fraction of sp³-hybridized carbons (Fsp3) is 0.244. The van der Waals surface area contributed by atoms with Crippen molar-refractivity contribution in [1.29, 1.82) is 0 Å². The summed E-state index contributed by atoms with van der Waals surface area (Å²) in [5, 5.41) is 8.04. The Morgan fingerprint density at radius 3 is 1.45 bits per heavy atom. The van der Waals surface area contributed by atoms with E-state index in [-0.39, 0.29) is 11.8 Å². The topological polar surface area (TPSA) is 113 Å². The quantitative estimate of drug-likeness (QED) is 0.185. The molecule has 5 aromatic heterocycles. The molecule has 0 saturated carbocycles. The molecular formula is C41H36N6O4. The van der Waals surface area contributed by atoms with Gasteiger partial charge in [0.1, 0.15) is 11.1 Å². The van der Waals surface area contributed by atoms with E-state index < -0.39 is 23.2 Å². The van der Waals surface area contributed by atoms with E-state index >= 15 is 0 Å². The first-order valence-corrected chi connectivity index (χ1v) is 17.5. The molecule has 7 aromatic rings. The van der Waals surface area contributed by atoms with Crippen LogP contribution in [0.1, 0.15) is 57.8 Å². The Labute approximate surface area is 293 Å². The number of fused-ring (bicyclic) bond motifs is 4. The number of rotatable bonds is 10. The molecule has 0 amide bonds. The highest BCUT2D eigenvalue weighted by Gasteiger charge is 2.53. The number of aromatic amines is 1. The van der Waals surface area contributed by atoms with Crippen LogP contribution in [0.15, 0.2) is 115 Å². The van der Waals surface area contributed by atoms with Crippen molar-refractivity contribution in [3.8, 4) is 0 Å². The molecule has 0 radical (unpaired) electrons. The van der Waals surface area contributed by atoms with Gasteiger partial charge in [0, 0.05) is 35.2 Å². The number of hydrogen-bond donors (Lipinski definition) is 1. The van der Waals surface area contributed by atoms with E-state index in [0.717, 1.165) is 41.1 Å². The lowest BCUT2D eigenvalue weighted by molar-refractivity contribution is -0.117. The van der Waals surface area contributed by atoms with Crippen LogP contribution in [-0.2, 0) is 20.7 Å². The number of likely N-dealkylation sites (tertiary alicyclic amines) is 2. The maximum Gasteiger partial charge on any atom is 0.248 e. The van der Waals surface area contributed by atoms with Crippen LogP contribution in [0.25, 0.3) is 22.1 Å². The normalized spacial score (nSPS) is 20.9. The first-order valence-electron chi connectivity index (χ1n) is 17.5. The molecule has 7 heterocycles. The number of hydrogen-bond acceptors (Lipinski definition) is 7. The number of aromatic nitrogens is 4. The molecule has 0 spiro atoms. The number of carbonyl (C=O) groups excluding carboxylic acids is 4. The van der Waals surface area contributed by atoms with Crippen molar-refractivity contribution in [1.82, 2.24) is 29.1 Å². The number of nitrogens with zero attached hydrogens (tertiary/aromatic N) is 5. The van der Waals surface area contributed by atoms with Crippen molar-refractivity contribution >= 4 is 46.5 Å². The van der Waals surface area contributed by atoms with Crippen LogP contribution in [0.3, 0.4) is 0 Å². The van der Waals surface area contributed by atoms with Crippen LogP contribution >= 0.6 is 0 Å². The highest BCUT2D eigenvalue weighted by Crippen LogP contribution is 2.44. The van der Waals surface area contributed by atoms with E-state index in [1.807, 2.05) is 119 Å². The second-order valence-corrected chi connectivity index (χ2v) is 13.8. The fourth-order valence-corrected chi connectivity index (χ4v) is 8.93. The van der Waals surface area contributed by atoms with Crippen LogP contribution < -0.4 is 0 Å². The number of H-pyrrole nitrogens is 1. The first-order chi connectivity index (χ1) is 25.0. The summed E-state index contributed by atoms with van der Waals surface area (Å²) >= 11 is 0. The highest BCUT2D eigenvalue weighted by atomic mass is 16.2. The predicted molar refractivity (Wildman–Crippen MR) is 192 cm³/mol. The Kier molecular flexibility index (Phi) is 7.34. The lowest BCUT2D eigenvalue weighted by Crippen LogP contribution is -2.54. The molecule has 10 heteroatoms. The zero-order valence-electron chi connectivity index (χ0n) is 27.9. The van der Waals surface area contributed by atoms with E-state index in [1.165, 1.54) is 0 Å². The van der Waals surface area contributed by atoms with E-state index in [4.69, 9.17) is 5.10 Å². The summed E-state index contributed by atoms with van der Waals surface area (Å²) in [6.45, 7) is 0.981. The molecule has 0 aliphatic carbocycles. The maximum atomic E-state index is 14.3. The molecule has 4 atom stereocenters. The average Bonchev–Trinajstić information content (AvgIpc) is 4.04. The summed E-state index contributed by atoms with van der Waals surface area (Å²) in [5.41, 5.74) is 2.57. The number of benzene rings is 4. The van der Waals surface area contributed by atoms with E-state index in [2.05, 4.69) is 5.10 Å². The average molecular weight is 677 g/mol. The Bertz CT molecular complexity index is 2100. The first kappa shape index (κ1) is 31.3. The number of carbonyl (C=O) groups is 4. The minimum atomic E-state index is -1.45. The van der Waals surface area contributed by atoms with Gasteiger partial charge in [0.25, 0.3) is 0 Å². The van der Waals surface area contributed by atoms with Crippen molar-refractivity contribution in [2.45, 2.75) is 48.8 Å². The van der Waals surface area contributed by atoms with Gasteiger partial charge in [0.2, 0.25) is 11.8 Å². The molecule has 1 N–H and O–H groups in total. The standard InChI is InChI=1S/C41H36N6O4/c48-26-40(28-9-3-1-4-10-28,44-23-7-13-34(44)38(50)46-30-15-16-31(46)18-17-30)36-25-37(43-42-36)41(27-49,29-11-5-2-6-12-29)45-24-8-14-35(45)39(51)47-32-19-20-33(47)22-21-32/h1-6,9-12,15-22,25-27,34-35H,7-8,13-14,23-24H2,(H,42,43)/t34?,35?,40-,41?/m0/s1. The number of nitrogens with one attached hydrogen (secondary N) is 1. The van der Waals surface area contributed by atoms with Crippen LogP contribution in [0.2, 0.25) is 0 Å². The lowest BCUT2D eigenvalue weighted by Gasteiger charge is -2.41. The van der Waals surface area contributed by atoms with Gasteiger partial charge in [-0.15, -0.1) is 0 Å². The van der Waals surface area contributed by atoms with E-state index in [9.17, 15) is 19.2 Å². The molecule has 9 rings (SSSR count). The molecule has 3 unspecified atom stereocenters. The summed E-state index contributed by atoms with van der Waals surface area (Å²) in [5.74, 6) is -0.180. The van der Waals surface area contributed by atoms with Crippen molar-refractivity contribution in [2.75, 3.05) is 13.1 Å². The predicted octanol–water partition coefficient (Wildman–Crippen LogP) is 5.69. The smallest absolute Gasteiger partial charge is 0.248 e. The fourth-order valence-electron chi connectivity index (χ4n) is 8.93. The third kappa shape index (κ3) is 4.46. The minimum absolute atomic E-state index is 0.0880. The van der Waals surface area contributed by atoms with Gasteiger partial charge in [-0.2, -0.15) is 5.10 Å². The molecule has 2 aliphatic heterocycles. The second-order valence-electron chi connectivity index (χ2n) is 13.8. The maximum absolute atomic E-state index is 14.3. The molecule has 2 saturated heterocycles. The van der Waals surface area contributed by atoms with Crippen LogP contribution in [0.4, 0.5) is 0 Å². The zero-order chi connectivity index (χ0) is 34.7. The van der Waals surface area contributed by atoms with Gasteiger partial charge in [-0.05, 0) is 91.4 Å². The van der Waals surface area contributed by atoms with Crippen molar-refractivity contribution in [2.24, 2.45) is 0 Å². The molecular weight excluding hydrogens is 640 g/mol. The van der Waals surface area contributed by atoms with Crippen LogP contribution in [0, 0.1) is 0 Å². The summed E-state index contributed by atoms with van der Waals surface area (Å²) < 4.78 is 3.46. The highest BCUT2D eigenvalue weighted by molar-refractivity contribution is 5.97. The van der Waals surface area contributed by atoms with Gasteiger partial charge >= 0.3 is 0 Å². The van der Waals surface area contributed by atoms with Gasteiger partial charge in [-0.25, -0.2) is 0 Å². The summed E-state index contributed by atoms with van der Waals surface area (Å²) in [4.78, 5) is 60.3. The molecule has 2 aromatic carbocycles. The Morgan fingerprint density at radius 1 is 0.608 bits per heavy atom. The summed E-state index contributed by atoms with van der Waals surface area (Å²) in [7, 11) is 0. The van der Waals surface area contributed by atoms with Crippen molar-refractivity contribution in [3.63, 3.8) is 0 Å². The molecule has 4 bridgehead atoms. The van der Waals surface area contributed by atoms with Crippen LogP contribution in [-0.4, -0.2) is 78.7 Å². The Morgan fingerprint density at radius 2 is 1.02 bits per heavy atom. The molecule has 2 fully saturated rings. The molecule has 254 valence electrons. The summed E-state index contributed by atoms with van der Waals surface area (Å²) in [6.07, 6.45) is 4.37. The van der Waals surface area contributed by atoms with Crippen molar-refractivity contribution < 1.29 is 19.2 Å². The Balaban J connectivity index is 1.19. The second kappa shape index (κ2) is 12.0. The monoisotopic (exact) mass is 676 g/mol. The summed E-state index contributed by atoms with van der Waals surface area (Å²) in [6, 6.07) is 34.8. The molecule has 2 aliphatic rings. The minimum Gasteiger partial charge on any atom is -0.300 e.